The summed E-state index contributed by atoms with van der Waals surface area (Å²) < 4.78 is 40.4. The first-order valence-electron chi connectivity index (χ1n) is 9.74. The number of hydrogen-bond donors (Lipinski definition) is 1. The third-order valence-corrected chi connectivity index (χ3v) is 6.02. The average Bonchev–Trinajstić information content (AvgIpc) is 3.04. The van der Waals surface area contributed by atoms with Crippen LogP contribution in [-0.2, 0) is 4.79 Å². The fourth-order valence-corrected chi connectivity index (χ4v) is 4.75. The smallest absolute Gasteiger partial charge is 0.264 e. The van der Waals surface area contributed by atoms with Gasteiger partial charge in [-0.15, -0.1) is 11.3 Å². The molecule has 0 saturated heterocycles. The quantitative estimate of drug-likeness (QED) is 0.531. The second-order valence-corrected chi connectivity index (χ2v) is 8.31. The topological polar surface area (TPSA) is 62.3 Å². The highest BCUT2D eigenvalue weighted by molar-refractivity contribution is 7.20. The highest BCUT2D eigenvalue weighted by Crippen LogP contribution is 2.33. The number of aryl methyl sites for hydroxylation is 3. The largest absolute Gasteiger partial charge is 0.329 e. The maximum Gasteiger partial charge on any atom is 0.264 e. The van der Waals surface area contributed by atoms with Crippen molar-refractivity contribution >= 4 is 39.1 Å². The van der Waals surface area contributed by atoms with Crippen LogP contribution < -0.4 is 5.32 Å². The summed E-state index contributed by atoms with van der Waals surface area (Å²) in [5, 5.41) is 3.13. The second-order valence-electron chi connectivity index (χ2n) is 7.31. The SMILES string of the molecule is CCCN(CC(=O)Nc1ccc(F)c(F)c1F)C(=O)c1sc2nc(C)cc(C)c2c1C. The summed E-state index contributed by atoms with van der Waals surface area (Å²) in [6.45, 7) is 7.49. The van der Waals surface area contributed by atoms with E-state index in [9.17, 15) is 22.8 Å². The minimum Gasteiger partial charge on any atom is -0.329 e. The molecule has 0 spiro atoms. The van der Waals surface area contributed by atoms with E-state index in [1.54, 1.807) is 0 Å². The van der Waals surface area contributed by atoms with Gasteiger partial charge >= 0.3 is 0 Å². The van der Waals surface area contributed by atoms with E-state index in [2.05, 4.69) is 10.3 Å². The molecule has 0 aliphatic heterocycles. The van der Waals surface area contributed by atoms with E-state index in [4.69, 9.17) is 0 Å². The number of halogens is 3. The number of amides is 2. The van der Waals surface area contributed by atoms with Crippen molar-refractivity contribution in [2.45, 2.75) is 34.1 Å². The lowest BCUT2D eigenvalue weighted by Gasteiger charge is -2.21. The van der Waals surface area contributed by atoms with Crippen LogP contribution in [-0.4, -0.2) is 34.8 Å². The molecule has 0 saturated carbocycles. The van der Waals surface area contributed by atoms with Crippen LogP contribution in [0.25, 0.3) is 10.2 Å². The summed E-state index contributed by atoms with van der Waals surface area (Å²) in [4.78, 5) is 32.8. The van der Waals surface area contributed by atoms with E-state index in [0.717, 1.165) is 39.2 Å². The van der Waals surface area contributed by atoms with Gasteiger partial charge in [0.2, 0.25) is 5.91 Å². The van der Waals surface area contributed by atoms with E-state index in [1.807, 2.05) is 33.8 Å². The van der Waals surface area contributed by atoms with Crippen LogP contribution in [0, 0.1) is 38.2 Å². The van der Waals surface area contributed by atoms with E-state index >= 15 is 0 Å². The summed E-state index contributed by atoms with van der Waals surface area (Å²) in [6, 6.07) is 3.61. The molecule has 1 N–H and O–H groups in total. The Morgan fingerprint density at radius 1 is 1.13 bits per heavy atom. The lowest BCUT2D eigenvalue weighted by atomic mass is 10.1. The Hall–Kier alpha value is -2.94. The van der Waals surface area contributed by atoms with Gasteiger partial charge in [-0.2, -0.15) is 0 Å². The maximum atomic E-state index is 13.9. The van der Waals surface area contributed by atoms with Gasteiger partial charge in [-0.1, -0.05) is 6.92 Å². The zero-order valence-electron chi connectivity index (χ0n) is 17.6. The number of hydrogen-bond acceptors (Lipinski definition) is 4. The predicted molar refractivity (Wildman–Crippen MR) is 115 cm³/mol. The molecule has 1 aromatic carbocycles. The fourth-order valence-electron chi connectivity index (χ4n) is 3.47. The number of nitrogens with one attached hydrogen (secondary N) is 1. The minimum absolute atomic E-state index is 0.297. The molecule has 0 aliphatic rings. The number of pyridine rings is 1. The number of nitrogens with zero attached hydrogens (tertiary/aromatic N) is 2. The first kappa shape index (κ1) is 22.7. The summed E-state index contributed by atoms with van der Waals surface area (Å²) in [6.07, 6.45) is 0.596. The first-order valence-corrected chi connectivity index (χ1v) is 10.6. The number of aromatic nitrogens is 1. The van der Waals surface area contributed by atoms with E-state index < -0.39 is 29.0 Å². The Bertz CT molecular complexity index is 1180. The fraction of sp³-hybridized carbons (Fsp3) is 0.318. The van der Waals surface area contributed by atoms with Gasteiger partial charge in [-0.3, -0.25) is 9.59 Å². The van der Waals surface area contributed by atoms with Gasteiger partial charge in [0.05, 0.1) is 10.6 Å². The number of benzene rings is 1. The second kappa shape index (κ2) is 9.05. The lowest BCUT2D eigenvalue weighted by molar-refractivity contribution is -0.116. The molecule has 0 fully saturated rings. The Kier molecular flexibility index (Phi) is 6.64. The number of anilines is 1. The third-order valence-electron chi connectivity index (χ3n) is 4.84. The van der Waals surface area contributed by atoms with Crippen LogP contribution in [0.2, 0.25) is 0 Å². The van der Waals surface area contributed by atoms with Gasteiger partial charge in [0.25, 0.3) is 5.91 Å². The molecule has 2 amide bonds. The maximum absolute atomic E-state index is 13.9. The standard InChI is InChI=1S/C22H22F3N3O2S/c1-5-8-28(10-16(29)27-15-7-6-14(23)18(24)19(15)25)22(30)20-13(4)17-11(2)9-12(3)26-21(17)31-20/h6-7,9H,5,8,10H2,1-4H3,(H,27,29). The molecule has 2 aromatic heterocycles. The third kappa shape index (κ3) is 4.56. The van der Waals surface area contributed by atoms with Crippen LogP contribution in [0.4, 0.5) is 18.9 Å². The van der Waals surface area contributed by atoms with Gasteiger partial charge in [-0.25, -0.2) is 18.2 Å². The molecule has 9 heteroatoms. The van der Waals surface area contributed by atoms with Gasteiger partial charge in [0.1, 0.15) is 11.4 Å². The normalized spacial score (nSPS) is 11.1. The van der Waals surface area contributed by atoms with Crippen molar-refractivity contribution in [3.05, 3.63) is 57.3 Å². The van der Waals surface area contributed by atoms with Crippen molar-refractivity contribution in [1.82, 2.24) is 9.88 Å². The summed E-state index contributed by atoms with van der Waals surface area (Å²) in [5.41, 5.74) is 2.18. The molecule has 0 aliphatic carbocycles. The van der Waals surface area contributed by atoms with E-state index in [-0.39, 0.29) is 12.5 Å². The molecule has 3 rings (SSSR count). The van der Waals surface area contributed by atoms with E-state index in [1.165, 1.54) is 16.2 Å². The molecule has 31 heavy (non-hydrogen) atoms. The molecule has 2 heterocycles. The van der Waals surface area contributed by atoms with Crippen molar-refractivity contribution < 1.29 is 22.8 Å². The van der Waals surface area contributed by atoms with Crippen molar-refractivity contribution in [3.8, 4) is 0 Å². The van der Waals surface area contributed by atoms with Crippen LogP contribution in [0.15, 0.2) is 18.2 Å². The molecular weight excluding hydrogens is 427 g/mol. The average molecular weight is 449 g/mol. The van der Waals surface area contributed by atoms with Crippen LogP contribution >= 0.6 is 11.3 Å². The minimum atomic E-state index is -1.67. The highest BCUT2D eigenvalue weighted by atomic mass is 32.1. The Morgan fingerprint density at radius 2 is 1.84 bits per heavy atom. The van der Waals surface area contributed by atoms with Gasteiger partial charge in [-0.05, 0) is 56.5 Å². The van der Waals surface area contributed by atoms with Gasteiger partial charge in [0.15, 0.2) is 17.5 Å². The lowest BCUT2D eigenvalue weighted by Crippen LogP contribution is -2.38. The molecule has 0 bridgehead atoms. The van der Waals surface area contributed by atoms with Crippen molar-refractivity contribution in [2.75, 3.05) is 18.4 Å². The Balaban J connectivity index is 1.85. The molecular formula is C22H22F3N3O2S. The first-order chi connectivity index (χ1) is 14.6. The van der Waals surface area contributed by atoms with Gasteiger partial charge < -0.3 is 10.2 Å². The number of thiophene rings is 1. The number of fused-ring (bicyclic) bond motifs is 1. The number of rotatable bonds is 6. The zero-order valence-corrected chi connectivity index (χ0v) is 18.4. The van der Waals surface area contributed by atoms with Crippen LogP contribution in [0.1, 0.15) is 39.8 Å². The molecule has 3 aromatic rings. The van der Waals surface area contributed by atoms with E-state index in [0.29, 0.717) is 17.8 Å². The Labute approximate surface area is 181 Å². The zero-order chi connectivity index (χ0) is 22.9. The van der Waals surface area contributed by atoms with Crippen LogP contribution in [0.3, 0.4) is 0 Å². The molecule has 164 valence electrons. The molecule has 0 atom stereocenters. The molecule has 0 unspecified atom stereocenters. The monoisotopic (exact) mass is 449 g/mol. The summed E-state index contributed by atoms with van der Waals surface area (Å²) in [5.74, 6) is -5.55. The van der Waals surface area contributed by atoms with Crippen molar-refractivity contribution in [3.63, 3.8) is 0 Å². The number of carbonyl (C=O) groups is 2. The molecule has 0 radical (unpaired) electrons. The predicted octanol–water partition coefficient (Wildman–Crippen LogP) is 5.13. The number of carbonyl (C=O) groups excluding carboxylic acids is 2. The highest BCUT2D eigenvalue weighted by Gasteiger charge is 2.25. The van der Waals surface area contributed by atoms with Crippen molar-refractivity contribution in [1.29, 1.82) is 0 Å². The summed E-state index contributed by atoms with van der Waals surface area (Å²) >= 11 is 1.27. The van der Waals surface area contributed by atoms with Crippen molar-refractivity contribution in [2.24, 2.45) is 0 Å². The summed E-state index contributed by atoms with van der Waals surface area (Å²) in [7, 11) is 0. The van der Waals surface area contributed by atoms with Gasteiger partial charge in [0, 0.05) is 17.6 Å². The van der Waals surface area contributed by atoms with Crippen LogP contribution in [0.5, 0.6) is 0 Å². The molecule has 5 nitrogen and oxygen atoms in total. The Morgan fingerprint density at radius 3 is 2.52 bits per heavy atom.